The first-order valence-corrected chi connectivity index (χ1v) is 16.6. The number of amides is 1. The topological polar surface area (TPSA) is 111 Å². The van der Waals surface area contributed by atoms with E-state index in [0.29, 0.717) is 28.7 Å². The van der Waals surface area contributed by atoms with Crippen LogP contribution in [0.2, 0.25) is 0 Å². The van der Waals surface area contributed by atoms with Crippen molar-refractivity contribution >= 4 is 17.3 Å². The number of azo groups is 1. The van der Waals surface area contributed by atoms with Gasteiger partial charge in [0.1, 0.15) is 11.6 Å². The molecular formula is C37H49N5O3. The molecule has 1 heterocycles. The number of nitrogens with zero attached hydrogens (tertiary/aromatic N) is 5. The van der Waals surface area contributed by atoms with Crippen molar-refractivity contribution in [3.63, 3.8) is 0 Å². The van der Waals surface area contributed by atoms with Gasteiger partial charge in [0, 0.05) is 30.8 Å². The Balaban J connectivity index is 1.95. The molecule has 2 unspecified atom stereocenters. The SMILES string of the molecule is CCCCC(CC)CN(CC(CC)CCCC)C(=O)c1ccc(N=Nc2c(-c3ccccc3)c(C#N)c(O)n(CC)c2=O)cc1. The Morgan fingerprint density at radius 1 is 0.889 bits per heavy atom. The summed E-state index contributed by atoms with van der Waals surface area (Å²) in [7, 11) is 0. The third-order valence-electron chi connectivity index (χ3n) is 8.61. The zero-order valence-electron chi connectivity index (χ0n) is 27.6. The zero-order valence-corrected chi connectivity index (χ0v) is 27.6. The normalized spacial score (nSPS) is 12.6. The van der Waals surface area contributed by atoms with Crippen LogP contribution in [0.3, 0.4) is 0 Å². The summed E-state index contributed by atoms with van der Waals surface area (Å²) in [5.41, 5.74) is 1.27. The van der Waals surface area contributed by atoms with E-state index in [1.807, 2.05) is 12.1 Å². The minimum Gasteiger partial charge on any atom is -0.493 e. The third-order valence-corrected chi connectivity index (χ3v) is 8.61. The maximum Gasteiger partial charge on any atom is 0.281 e. The lowest BCUT2D eigenvalue weighted by Crippen LogP contribution is -2.39. The minimum absolute atomic E-state index is 0.0257. The minimum atomic E-state index is -0.541. The second-order valence-corrected chi connectivity index (χ2v) is 11.7. The van der Waals surface area contributed by atoms with Gasteiger partial charge in [-0.25, -0.2) is 0 Å². The van der Waals surface area contributed by atoms with Crippen molar-refractivity contribution in [1.82, 2.24) is 9.47 Å². The van der Waals surface area contributed by atoms with Crippen molar-refractivity contribution in [2.75, 3.05) is 13.1 Å². The molecule has 0 saturated carbocycles. The number of carbonyl (C=O) groups excluding carboxylic acids is 1. The van der Waals surface area contributed by atoms with Crippen LogP contribution >= 0.6 is 0 Å². The number of carbonyl (C=O) groups is 1. The molecule has 0 aliphatic rings. The average molecular weight is 612 g/mol. The fourth-order valence-electron chi connectivity index (χ4n) is 5.73. The molecule has 3 rings (SSSR count). The number of hydrogen-bond acceptors (Lipinski definition) is 6. The average Bonchev–Trinajstić information content (AvgIpc) is 3.07. The molecule has 240 valence electrons. The molecule has 8 heteroatoms. The van der Waals surface area contributed by atoms with Gasteiger partial charge in [-0.05, 0) is 61.4 Å². The zero-order chi connectivity index (χ0) is 32.8. The van der Waals surface area contributed by atoms with E-state index in [0.717, 1.165) is 56.2 Å². The van der Waals surface area contributed by atoms with Crippen LogP contribution in [0.25, 0.3) is 11.1 Å². The lowest BCUT2D eigenvalue weighted by atomic mass is 9.95. The molecule has 0 saturated heterocycles. The van der Waals surface area contributed by atoms with Crippen LogP contribution < -0.4 is 5.56 Å². The largest absolute Gasteiger partial charge is 0.493 e. The number of aromatic nitrogens is 1. The van der Waals surface area contributed by atoms with Gasteiger partial charge < -0.3 is 10.0 Å². The van der Waals surface area contributed by atoms with Gasteiger partial charge in [-0.1, -0.05) is 96.6 Å². The number of aromatic hydroxyl groups is 1. The predicted molar refractivity (Wildman–Crippen MR) is 181 cm³/mol. The Bertz CT molecular complexity index is 1490. The van der Waals surface area contributed by atoms with E-state index in [1.165, 1.54) is 12.8 Å². The van der Waals surface area contributed by atoms with E-state index in [4.69, 9.17) is 0 Å². The van der Waals surface area contributed by atoms with E-state index >= 15 is 0 Å². The number of benzene rings is 2. The van der Waals surface area contributed by atoms with Gasteiger partial charge in [-0.15, -0.1) is 5.11 Å². The summed E-state index contributed by atoms with van der Waals surface area (Å²) in [4.78, 5) is 29.3. The van der Waals surface area contributed by atoms with Crippen LogP contribution in [0.5, 0.6) is 5.88 Å². The van der Waals surface area contributed by atoms with Crippen LogP contribution in [-0.2, 0) is 6.54 Å². The number of unbranched alkanes of at least 4 members (excludes halogenated alkanes) is 2. The molecular weight excluding hydrogens is 562 g/mol. The van der Waals surface area contributed by atoms with Gasteiger partial charge >= 0.3 is 0 Å². The van der Waals surface area contributed by atoms with Crippen molar-refractivity contribution in [1.29, 1.82) is 5.26 Å². The molecule has 2 aromatic carbocycles. The number of nitriles is 1. The number of pyridine rings is 1. The summed E-state index contributed by atoms with van der Waals surface area (Å²) >= 11 is 0. The lowest BCUT2D eigenvalue weighted by Gasteiger charge is -2.31. The van der Waals surface area contributed by atoms with E-state index in [-0.39, 0.29) is 29.3 Å². The summed E-state index contributed by atoms with van der Waals surface area (Å²) in [5.74, 6) is 0.577. The van der Waals surface area contributed by atoms with Crippen molar-refractivity contribution < 1.29 is 9.90 Å². The molecule has 45 heavy (non-hydrogen) atoms. The molecule has 1 N–H and O–H groups in total. The molecule has 0 fully saturated rings. The highest BCUT2D eigenvalue weighted by molar-refractivity contribution is 5.94. The highest BCUT2D eigenvalue weighted by Crippen LogP contribution is 2.36. The Labute approximate surface area is 268 Å². The van der Waals surface area contributed by atoms with Crippen LogP contribution in [-0.4, -0.2) is 33.6 Å². The molecule has 3 aromatic rings. The smallest absolute Gasteiger partial charge is 0.281 e. The highest BCUT2D eigenvalue weighted by atomic mass is 16.3. The summed E-state index contributed by atoms with van der Waals surface area (Å²) < 4.78 is 1.11. The second-order valence-electron chi connectivity index (χ2n) is 11.7. The van der Waals surface area contributed by atoms with E-state index in [1.54, 1.807) is 55.5 Å². The molecule has 1 amide bonds. The lowest BCUT2D eigenvalue weighted by molar-refractivity contribution is 0.0685. The van der Waals surface area contributed by atoms with Crippen molar-refractivity contribution in [2.45, 2.75) is 92.5 Å². The van der Waals surface area contributed by atoms with E-state index in [2.05, 4.69) is 42.8 Å². The summed E-state index contributed by atoms with van der Waals surface area (Å²) in [6.07, 6.45) is 8.97. The molecule has 0 radical (unpaired) electrons. The Morgan fingerprint density at radius 3 is 1.96 bits per heavy atom. The Kier molecular flexibility index (Phi) is 14.0. The van der Waals surface area contributed by atoms with Crippen molar-refractivity contribution in [3.8, 4) is 23.1 Å². The van der Waals surface area contributed by atoms with Gasteiger partial charge in [0.2, 0.25) is 5.88 Å². The predicted octanol–water partition coefficient (Wildman–Crippen LogP) is 9.40. The summed E-state index contributed by atoms with van der Waals surface area (Å²) in [6.45, 7) is 12.2. The monoisotopic (exact) mass is 611 g/mol. The first kappa shape index (κ1) is 35.2. The molecule has 0 spiro atoms. The maximum absolute atomic E-state index is 13.9. The number of rotatable bonds is 17. The van der Waals surface area contributed by atoms with Crippen LogP contribution in [0, 0.1) is 23.2 Å². The summed E-state index contributed by atoms with van der Waals surface area (Å²) in [5, 5.41) is 29.3. The molecule has 8 nitrogen and oxygen atoms in total. The second kappa shape index (κ2) is 17.9. The van der Waals surface area contributed by atoms with Gasteiger partial charge in [0.25, 0.3) is 11.5 Å². The summed E-state index contributed by atoms with van der Waals surface area (Å²) in [6, 6.07) is 17.9. The van der Waals surface area contributed by atoms with Crippen LogP contribution in [0.15, 0.2) is 69.6 Å². The first-order valence-electron chi connectivity index (χ1n) is 16.6. The third kappa shape index (κ3) is 9.13. The fourth-order valence-corrected chi connectivity index (χ4v) is 5.73. The van der Waals surface area contributed by atoms with E-state index < -0.39 is 11.4 Å². The standard InChI is InChI=1S/C37H49N5O3/c1-6-11-16-27(8-3)25-41(26-28(9-4)17-12-7-2)35(43)30-20-22-31(23-21-30)39-40-34-33(29-18-14-13-15-19-29)32(24-38)36(44)42(10-5)37(34)45/h13-15,18-23,27-28,44H,6-12,16-17,25-26H2,1-5H3. The quantitative estimate of drug-likeness (QED) is 0.153. The van der Waals surface area contributed by atoms with Gasteiger partial charge in [0.15, 0.2) is 5.69 Å². The molecule has 0 aliphatic carbocycles. The fraction of sp³-hybridized carbons (Fsp3) is 0.486. The molecule has 0 bridgehead atoms. The molecule has 1 aromatic heterocycles. The van der Waals surface area contributed by atoms with E-state index in [9.17, 15) is 20.0 Å². The first-order chi connectivity index (χ1) is 21.8. The molecule has 2 atom stereocenters. The van der Waals surface area contributed by atoms with Crippen LogP contribution in [0.1, 0.15) is 102 Å². The maximum atomic E-state index is 13.9. The highest BCUT2D eigenvalue weighted by Gasteiger charge is 2.24. The Hall–Kier alpha value is -4.25. The van der Waals surface area contributed by atoms with Crippen molar-refractivity contribution in [3.05, 3.63) is 76.1 Å². The van der Waals surface area contributed by atoms with Gasteiger partial charge in [0.05, 0.1) is 5.69 Å². The van der Waals surface area contributed by atoms with Crippen molar-refractivity contribution in [2.24, 2.45) is 22.1 Å². The molecule has 0 aliphatic heterocycles. The Morgan fingerprint density at radius 2 is 1.47 bits per heavy atom. The van der Waals surface area contributed by atoms with Gasteiger partial charge in [-0.2, -0.15) is 10.4 Å². The van der Waals surface area contributed by atoms with Gasteiger partial charge in [-0.3, -0.25) is 14.2 Å². The number of hydrogen-bond donors (Lipinski definition) is 1. The van der Waals surface area contributed by atoms with Crippen LogP contribution in [0.4, 0.5) is 11.4 Å².